The van der Waals surface area contributed by atoms with E-state index in [4.69, 9.17) is 4.74 Å². The van der Waals surface area contributed by atoms with Crippen LogP contribution >= 0.6 is 0 Å². The van der Waals surface area contributed by atoms with E-state index in [2.05, 4.69) is 0 Å². The normalized spacial score (nSPS) is 22.6. The van der Waals surface area contributed by atoms with Crippen LogP contribution in [0.5, 0.6) is 5.75 Å². The first-order valence-electron chi connectivity index (χ1n) is 6.24. The largest absolute Gasteiger partial charge is 0.497 e. The number of hydrogen-bond donors (Lipinski definition) is 1. The Kier molecular flexibility index (Phi) is 3.74. The maximum absolute atomic E-state index is 11.9. The molecule has 5 heteroatoms. The zero-order valence-electron chi connectivity index (χ0n) is 11.0. The number of carbonyl (C=O) groups is 2. The van der Waals surface area contributed by atoms with Gasteiger partial charge in [-0.1, -0.05) is 12.1 Å². The highest BCUT2D eigenvalue weighted by atomic mass is 16.5. The Morgan fingerprint density at radius 1 is 1.42 bits per heavy atom. The van der Waals surface area contributed by atoms with Crippen LogP contribution in [0.4, 0.5) is 0 Å². The molecule has 0 radical (unpaired) electrons. The van der Waals surface area contributed by atoms with Crippen LogP contribution in [-0.4, -0.2) is 35.5 Å². The highest BCUT2D eigenvalue weighted by molar-refractivity contribution is 5.87. The van der Waals surface area contributed by atoms with E-state index in [9.17, 15) is 14.7 Å². The fourth-order valence-corrected chi connectivity index (χ4v) is 2.60. The van der Waals surface area contributed by atoms with E-state index >= 15 is 0 Å². The van der Waals surface area contributed by atoms with Crippen LogP contribution in [0.2, 0.25) is 0 Å². The second-order valence-electron chi connectivity index (χ2n) is 4.55. The van der Waals surface area contributed by atoms with Gasteiger partial charge >= 0.3 is 5.97 Å². The van der Waals surface area contributed by atoms with Crippen molar-refractivity contribution in [2.24, 2.45) is 5.92 Å². The molecule has 1 saturated heterocycles. The van der Waals surface area contributed by atoms with E-state index in [1.807, 2.05) is 19.1 Å². The lowest BCUT2D eigenvalue weighted by molar-refractivity contribution is -0.142. The van der Waals surface area contributed by atoms with Crippen molar-refractivity contribution in [3.8, 4) is 5.75 Å². The van der Waals surface area contributed by atoms with Crippen molar-refractivity contribution in [2.75, 3.05) is 13.7 Å². The summed E-state index contributed by atoms with van der Waals surface area (Å²) in [6, 6.07) is 6.82. The predicted molar refractivity (Wildman–Crippen MR) is 68.9 cm³/mol. The lowest BCUT2D eigenvalue weighted by Crippen LogP contribution is -2.30. The molecular weight excluding hydrogens is 246 g/mol. The van der Waals surface area contributed by atoms with Crippen LogP contribution in [-0.2, 0) is 9.59 Å². The molecule has 1 fully saturated rings. The molecular formula is C14H17NO4. The first-order valence-corrected chi connectivity index (χ1v) is 6.24. The fourth-order valence-electron chi connectivity index (χ4n) is 2.60. The highest BCUT2D eigenvalue weighted by Gasteiger charge is 2.43. The molecule has 1 aliphatic rings. The molecule has 5 nitrogen and oxygen atoms in total. The molecule has 0 bridgehead atoms. The Morgan fingerprint density at radius 3 is 2.53 bits per heavy atom. The number of benzene rings is 1. The van der Waals surface area contributed by atoms with Gasteiger partial charge in [0.2, 0.25) is 5.91 Å². The molecule has 0 aliphatic carbocycles. The zero-order chi connectivity index (χ0) is 14.0. The molecule has 19 heavy (non-hydrogen) atoms. The lowest BCUT2D eigenvalue weighted by atomic mass is 9.93. The molecule has 0 unspecified atom stereocenters. The SMILES string of the molecule is CCN1C(=O)C[C@@H](C(=O)O)[C@@H]1c1ccc(OC)cc1. The fraction of sp³-hybridized carbons (Fsp3) is 0.429. The first-order chi connectivity index (χ1) is 9.08. The summed E-state index contributed by atoms with van der Waals surface area (Å²) in [5, 5.41) is 9.27. The topological polar surface area (TPSA) is 66.8 Å². The van der Waals surface area contributed by atoms with Gasteiger partial charge < -0.3 is 14.7 Å². The standard InChI is InChI=1S/C14H17NO4/c1-3-15-12(16)8-11(14(17)18)13(15)9-4-6-10(19-2)7-5-9/h4-7,11,13H,3,8H2,1-2H3,(H,17,18)/t11-,13+/m1/s1. The number of likely N-dealkylation sites (tertiary alicyclic amines) is 1. The summed E-state index contributed by atoms with van der Waals surface area (Å²) < 4.78 is 5.08. The number of aliphatic carboxylic acids is 1. The van der Waals surface area contributed by atoms with Crippen molar-refractivity contribution >= 4 is 11.9 Å². The van der Waals surface area contributed by atoms with Crippen molar-refractivity contribution < 1.29 is 19.4 Å². The smallest absolute Gasteiger partial charge is 0.309 e. The summed E-state index contributed by atoms with van der Waals surface area (Å²) >= 11 is 0. The molecule has 102 valence electrons. The number of hydrogen-bond acceptors (Lipinski definition) is 3. The number of carboxylic acids is 1. The van der Waals surface area contributed by atoms with Gasteiger partial charge in [0.15, 0.2) is 0 Å². The van der Waals surface area contributed by atoms with Crippen LogP contribution in [0.1, 0.15) is 24.9 Å². The van der Waals surface area contributed by atoms with Gasteiger partial charge in [-0.3, -0.25) is 9.59 Å². The number of carbonyl (C=O) groups excluding carboxylic acids is 1. The predicted octanol–water partition coefficient (Wildman–Crippen LogP) is 1.69. The number of carboxylic acid groups (broad SMARTS) is 1. The number of amides is 1. The highest BCUT2D eigenvalue weighted by Crippen LogP contribution is 2.38. The molecule has 1 aliphatic heterocycles. The molecule has 0 spiro atoms. The lowest BCUT2D eigenvalue weighted by Gasteiger charge is -2.26. The monoisotopic (exact) mass is 263 g/mol. The minimum Gasteiger partial charge on any atom is -0.497 e. The Morgan fingerprint density at radius 2 is 2.05 bits per heavy atom. The van der Waals surface area contributed by atoms with Gasteiger partial charge in [0.1, 0.15) is 5.75 Å². The Hall–Kier alpha value is -2.04. The van der Waals surface area contributed by atoms with Crippen LogP contribution in [0, 0.1) is 5.92 Å². The molecule has 0 aromatic heterocycles. The summed E-state index contributed by atoms with van der Waals surface area (Å²) in [5.74, 6) is -0.996. The van der Waals surface area contributed by atoms with Gasteiger partial charge in [0, 0.05) is 13.0 Å². The van der Waals surface area contributed by atoms with E-state index in [-0.39, 0.29) is 18.4 Å². The molecule has 1 heterocycles. The number of rotatable bonds is 4. The van der Waals surface area contributed by atoms with Gasteiger partial charge in [-0.15, -0.1) is 0 Å². The molecule has 1 aromatic rings. The molecule has 1 aromatic carbocycles. The van der Waals surface area contributed by atoms with E-state index in [1.165, 1.54) is 0 Å². The van der Waals surface area contributed by atoms with Gasteiger partial charge in [0.05, 0.1) is 19.1 Å². The number of nitrogens with zero attached hydrogens (tertiary/aromatic N) is 1. The minimum atomic E-state index is -0.926. The third-order valence-corrected chi connectivity index (χ3v) is 3.55. The maximum Gasteiger partial charge on any atom is 0.309 e. The third kappa shape index (κ3) is 2.41. The second kappa shape index (κ2) is 5.30. The minimum absolute atomic E-state index is 0.0693. The summed E-state index contributed by atoms with van der Waals surface area (Å²) in [4.78, 5) is 24.8. The summed E-state index contributed by atoms with van der Waals surface area (Å²) in [6.07, 6.45) is 0.0693. The molecule has 1 amide bonds. The molecule has 1 N–H and O–H groups in total. The van der Waals surface area contributed by atoms with E-state index in [0.717, 1.165) is 5.56 Å². The Balaban J connectivity index is 2.36. The molecule has 2 atom stereocenters. The van der Waals surface area contributed by atoms with Crippen molar-refractivity contribution in [3.63, 3.8) is 0 Å². The maximum atomic E-state index is 11.9. The van der Waals surface area contributed by atoms with Crippen LogP contribution in [0.25, 0.3) is 0 Å². The second-order valence-corrected chi connectivity index (χ2v) is 4.55. The van der Waals surface area contributed by atoms with Crippen molar-refractivity contribution in [3.05, 3.63) is 29.8 Å². The number of ether oxygens (including phenoxy) is 1. The first kappa shape index (κ1) is 13.4. The van der Waals surface area contributed by atoms with Crippen molar-refractivity contribution in [2.45, 2.75) is 19.4 Å². The Bertz CT molecular complexity index is 483. The van der Waals surface area contributed by atoms with E-state index < -0.39 is 11.9 Å². The van der Waals surface area contributed by atoms with Gasteiger partial charge in [-0.2, -0.15) is 0 Å². The average molecular weight is 263 g/mol. The van der Waals surface area contributed by atoms with E-state index in [1.54, 1.807) is 24.1 Å². The summed E-state index contributed by atoms with van der Waals surface area (Å²) in [6.45, 7) is 2.37. The number of methoxy groups -OCH3 is 1. The van der Waals surface area contributed by atoms with Crippen LogP contribution in [0.15, 0.2) is 24.3 Å². The van der Waals surface area contributed by atoms with Crippen molar-refractivity contribution in [1.29, 1.82) is 0 Å². The average Bonchev–Trinajstić information content (AvgIpc) is 2.76. The molecule has 2 rings (SSSR count). The van der Waals surface area contributed by atoms with E-state index in [0.29, 0.717) is 12.3 Å². The quantitative estimate of drug-likeness (QED) is 0.897. The summed E-state index contributed by atoms with van der Waals surface area (Å²) in [5.41, 5.74) is 0.834. The Labute approximate surface area is 111 Å². The van der Waals surface area contributed by atoms with Crippen LogP contribution < -0.4 is 4.74 Å². The molecule has 0 saturated carbocycles. The van der Waals surface area contributed by atoms with Gasteiger partial charge in [-0.25, -0.2) is 0 Å². The third-order valence-electron chi connectivity index (χ3n) is 3.55. The summed E-state index contributed by atoms with van der Waals surface area (Å²) in [7, 11) is 1.58. The van der Waals surface area contributed by atoms with Gasteiger partial charge in [0.25, 0.3) is 0 Å². The van der Waals surface area contributed by atoms with Gasteiger partial charge in [-0.05, 0) is 24.6 Å². The van der Waals surface area contributed by atoms with Crippen LogP contribution in [0.3, 0.4) is 0 Å². The van der Waals surface area contributed by atoms with Crippen molar-refractivity contribution in [1.82, 2.24) is 4.90 Å². The zero-order valence-corrected chi connectivity index (χ0v) is 11.0.